The minimum absolute atomic E-state index is 0.232. The van der Waals surface area contributed by atoms with Crippen LogP contribution in [-0.2, 0) is 5.41 Å². The Hall–Kier alpha value is -2.49. The Morgan fingerprint density at radius 3 is 2.32 bits per heavy atom. The molecule has 0 amide bonds. The zero-order valence-corrected chi connectivity index (χ0v) is 12.8. The fourth-order valence-electron chi connectivity index (χ4n) is 2.49. The number of fused-ring (bicyclic) bond motifs is 1. The van der Waals surface area contributed by atoms with Crippen molar-refractivity contribution in [2.45, 2.75) is 26.2 Å². The molecule has 1 aromatic heterocycles. The molecule has 0 N–H and O–H groups in total. The summed E-state index contributed by atoms with van der Waals surface area (Å²) in [4.78, 5) is 17.5. The Balaban J connectivity index is 2.49. The molecule has 22 heavy (non-hydrogen) atoms. The summed E-state index contributed by atoms with van der Waals surface area (Å²) in [5.74, 6) is 0.105. The number of hydrogen-bond donors (Lipinski definition) is 0. The van der Waals surface area contributed by atoms with Crippen molar-refractivity contribution in [3.8, 4) is 5.69 Å². The van der Waals surface area contributed by atoms with E-state index in [-0.39, 0.29) is 11.2 Å². The lowest BCUT2D eigenvalue weighted by Crippen LogP contribution is -2.31. The number of para-hydroxylation sites is 2. The maximum absolute atomic E-state index is 14.2. The zero-order chi connectivity index (χ0) is 15.9. The summed E-state index contributed by atoms with van der Waals surface area (Å²) in [7, 11) is 0. The van der Waals surface area contributed by atoms with Gasteiger partial charge >= 0.3 is 0 Å². The second kappa shape index (κ2) is 5.05. The quantitative estimate of drug-likeness (QED) is 0.684. The SMILES string of the molecule is CC(C)(C)c1nc2ccccc2c(=O)n1-c1ccccc1F. The van der Waals surface area contributed by atoms with Gasteiger partial charge in [0.05, 0.1) is 16.6 Å². The molecule has 0 fully saturated rings. The molecule has 3 aromatic rings. The molecule has 0 saturated carbocycles. The number of rotatable bonds is 1. The van der Waals surface area contributed by atoms with E-state index in [0.717, 1.165) is 0 Å². The molecule has 112 valence electrons. The van der Waals surface area contributed by atoms with Gasteiger partial charge in [-0.05, 0) is 24.3 Å². The molecule has 0 unspecified atom stereocenters. The summed E-state index contributed by atoms with van der Waals surface area (Å²) < 4.78 is 15.6. The van der Waals surface area contributed by atoms with Crippen LogP contribution in [0.1, 0.15) is 26.6 Å². The van der Waals surface area contributed by atoms with E-state index in [1.165, 1.54) is 10.6 Å². The Morgan fingerprint density at radius 1 is 1.00 bits per heavy atom. The maximum atomic E-state index is 14.2. The molecule has 0 bridgehead atoms. The van der Waals surface area contributed by atoms with Crippen LogP contribution in [0.4, 0.5) is 4.39 Å². The highest BCUT2D eigenvalue weighted by molar-refractivity contribution is 5.78. The molecule has 3 rings (SSSR count). The van der Waals surface area contributed by atoms with Gasteiger partial charge in [-0.15, -0.1) is 0 Å². The number of aromatic nitrogens is 2. The number of benzene rings is 2. The highest BCUT2D eigenvalue weighted by Gasteiger charge is 2.24. The van der Waals surface area contributed by atoms with E-state index in [9.17, 15) is 9.18 Å². The van der Waals surface area contributed by atoms with Crippen molar-refractivity contribution in [2.75, 3.05) is 0 Å². The molecule has 1 heterocycles. The summed E-state index contributed by atoms with van der Waals surface area (Å²) in [5, 5.41) is 0.485. The van der Waals surface area contributed by atoms with Gasteiger partial charge < -0.3 is 0 Å². The lowest BCUT2D eigenvalue weighted by atomic mass is 9.94. The van der Waals surface area contributed by atoms with Crippen LogP contribution in [0.3, 0.4) is 0 Å². The van der Waals surface area contributed by atoms with Crippen molar-refractivity contribution < 1.29 is 4.39 Å². The highest BCUT2D eigenvalue weighted by atomic mass is 19.1. The average molecular weight is 296 g/mol. The first-order chi connectivity index (χ1) is 10.4. The molecule has 0 spiro atoms. The van der Waals surface area contributed by atoms with Gasteiger partial charge in [0.1, 0.15) is 11.6 Å². The molecule has 0 aliphatic heterocycles. The monoisotopic (exact) mass is 296 g/mol. The third kappa shape index (κ3) is 2.30. The van der Waals surface area contributed by atoms with Crippen LogP contribution >= 0.6 is 0 Å². The van der Waals surface area contributed by atoms with E-state index in [2.05, 4.69) is 4.98 Å². The summed E-state index contributed by atoms with van der Waals surface area (Å²) in [5.41, 5.74) is 0.215. The topological polar surface area (TPSA) is 34.9 Å². The van der Waals surface area contributed by atoms with E-state index in [4.69, 9.17) is 0 Å². The molecular weight excluding hydrogens is 279 g/mol. The molecule has 0 aliphatic carbocycles. The van der Waals surface area contributed by atoms with E-state index < -0.39 is 11.2 Å². The van der Waals surface area contributed by atoms with Crippen LogP contribution in [0.5, 0.6) is 0 Å². The van der Waals surface area contributed by atoms with Gasteiger partial charge in [0, 0.05) is 5.41 Å². The van der Waals surface area contributed by atoms with Gasteiger partial charge in [0.25, 0.3) is 5.56 Å². The lowest BCUT2D eigenvalue weighted by Gasteiger charge is -2.23. The third-order valence-corrected chi connectivity index (χ3v) is 3.54. The van der Waals surface area contributed by atoms with Crippen LogP contribution < -0.4 is 5.56 Å². The Morgan fingerprint density at radius 2 is 1.64 bits per heavy atom. The average Bonchev–Trinajstić information content (AvgIpc) is 2.47. The standard InChI is InChI=1S/C18H17FN2O/c1-18(2,3)17-20-14-10-6-4-8-12(14)16(22)21(17)15-11-7-5-9-13(15)19/h4-11H,1-3H3. The van der Waals surface area contributed by atoms with Gasteiger partial charge in [0.15, 0.2) is 0 Å². The Kier molecular flexibility index (Phi) is 3.32. The van der Waals surface area contributed by atoms with E-state index in [1.54, 1.807) is 36.4 Å². The fraction of sp³-hybridized carbons (Fsp3) is 0.222. The van der Waals surface area contributed by atoms with Crippen LogP contribution in [0.25, 0.3) is 16.6 Å². The van der Waals surface area contributed by atoms with Crippen LogP contribution in [-0.4, -0.2) is 9.55 Å². The molecule has 2 aromatic carbocycles. The van der Waals surface area contributed by atoms with Crippen molar-refractivity contribution in [1.82, 2.24) is 9.55 Å². The summed E-state index contributed by atoms with van der Waals surface area (Å²) in [6.07, 6.45) is 0. The second-order valence-corrected chi connectivity index (χ2v) is 6.29. The number of hydrogen-bond acceptors (Lipinski definition) is 2. The molecule has 4 heteroatoms. The van der Waals surface area contributed by atoms with Gasteiger partial charge in [-0.1, -0.05) is 45.0 Å². The normalized spacial score (nSPS) is 11.8. The molecule has 0 saturated heterocycles. The van der Waals surface area contributed by atoms with Crippen molar-refractivity contribution in [2.24, 2.45) is 0 Å². The Bertz CT molecular complexity index is 907. The van der Waals surface area contributed by atoms with E-state index in [0.29, 0.717) is 16.7 Å². The minimum atomic E-state index is -0.438. The molecular formula is C18H17FN2O. The predicted octanol–water partition coefficient (Wildman–Crippen LogP) is 3.82. The van der Waals surface area contributed by atoms with Crippen molar-refractivity contribution >= 4 is 10.9 Å². The van der Waals surface area contributed by atoms with Gasteiger partial charge in [-0.25, -0.2) is 9.37 Å². The maximum Gasteiger partial charge on any atom is 0.266 e. The first kappa shape index (κ1) is 14.4. The first-order valence-corrected chi connectivity index (χ1v) is 7.17. The third-order valence-electron chi connectivity index (χ3n) is 3.54. The molecule has 3 nitrogen and oxygen atoms in total. The van der Waals surface area contributed by atoms with Gasteiger partial charge in [-0.2, -0.15) is 0 Å². The van der Waals surface area contributed by atoms with Gasteiger partial charge in [-0.3, -0.25) is 9.36 Å². The predicted molar refractivity (Wildman–Crippen MR) is 86.0 cm³/mol. The van der Waals surface area contributed by atoms with Crippen molar-refractivity contribution in [3.05, 3.63) is 70.5 Å². The van der Waals surface area contributed by atoms with Crippen molar-refractivity contribution in [3.63, 3.8) is 0 Å². The van der Waals surface area contributed by atoms with Crippen LogP contribution in [0.15, 0.2) is 53.3 Å². The minimum Gasteiger partial charge on any atom is -0.268 e. The number of halogens is 1. The largest absolute Gasteiger partial charge is 0.268 e. The van der Waals surface area contributed by atoms with Crippen molar-refractivity contribution in [1.29, 1.82) is 0 Å². The summed E-state index contributed by atoms with van der Waals surface area (Å²) in [6.45, 7) is 5.88. The zero-order valence-electron chi connectivity index (χ0n) is 12.8. The number of nitrogens with zero attached hydrogens (tertiary/aromatic N) is 2. The second-order valence-electron chi connectivity index (χ2n) is 6.29. The molecule has 0 atom stereocenters. The summed E-state index contributed by atoms with van der Waals surface area (Å²) in [6, 6.07) is 13.4. The fourth-order valence-corrected chi connectivity index (χ4v) is 2.49. The first-order valence-electron chi connectivity index (χ1n) is 7.17. The molecule has 0 radical (unpaired) electrons. The van der Waals surface area contributed by atoms with Crippen LogP contribution in [0.2, 0.25) is 0 Å². The van der Waals surface area contributed by atoms with Gasteiger partial charge in [0.2, 0.25) is 0 Å². The van der Waals surface area contributed by atoms with Crippen LogP contribution in [0, 0.1) is 5.82 Å². The summed E-state index contributed by atoms with van der Waals surface area (Å²) >= 11 is 0. The molecule has 0 aliphatic rings. The van der Waals surface area contributed by atoms with E-state index >= 15 is 0 Å². The lowest BCUT2D eigenvalue weighted by molar-refractivity contribution is 0.518. The smallest absolute Gasteiger partial charge is 0.266 e. The highest BCUT2D eigenvalue weighted by Crippen LogP contribution is 2.24. The Labute approximate surface area is 128 Å². The van der Waals surface area contributed by atoms with E-state index in [1.807, 2.05) is 26.8 Å².